The van der Waals surface area contributed by atoms with Crippen molar-refractivity contribution in [3.8, 4) is 0 Å². The van der Waals surface area contributed by atoms with E-state index in [1.807, 2.05) is 0 Å². The predicted octanol–water partition coefficient (Wildman–Crippen LogP) is 1.29. The summed E-state index contributed by atoms with van der Waals surface area (Å²) in [4.78, 5) is 10.4. The first-order chi connectivity index (χ1) is 4.20. The molecule has 50 valence electrons. The second-order valence-corrected chi connectivity index (χ2v) is 1.62. The molecule has 0 bridgehead atoms. The van der Waals surface area contributed by atoms with Crippen molar-refractivity contribution in [1.29, 1.82) is 0 Å². The zero-order valence-electron chi connectivity index (χ0n) is 5.68. The van der Waals surface area contributed by atoms with Crippen molar-refractivity contribution in [1.82, 2.24) is 0 Å². The van der Waals surface area contributed by atoms with Crippen LogP contribution in [0.5, 0.6) is 0 Å². The van der Waals surface area contributed by atoms with E-state index in [2.05, 4.69) is 11.3 Å². The summed E-state index contributed by atoms with van der Waals surface area (Å²) in [5.74, 6) is -0.340. The molecule has 2 heteroatoms. The zero-order valence-corrected chi connectivity index (χ0v) is 5.68. The molecule has 0 amide bonds. The standard InChI is InChI=1S/C7H10O2/c1-4-6(2)5-7(8)9-3/h4-5H,1H2,2-3H3/b6-5+. The van der Waals surface area contributed by atoms with E-state index < -0.39 is 0 Å². The first kappa shape index (κ1) is 7.95. The van der Waals surface area contributed by atoms with E-state index in [9.17, 15) is 4.79 Å². The molecule has 0 radical (unpaired) electrons. The molecular formula is C7H10O2. The Labute approximate surface area is 54.8 Å². The molecule has 2 nitrogen and oxygen atoms in total. The summed E-state index contributed by atoms with van der Waals surface area (Å²) in [7, 11) is 1.34. The average Bonchev–Trinajstić information content (AvgIpc) is 1.87. The van der Waals surface area contributed by atoms with Crippen molar-refractivity contribution in [2.75, 3.05) is 7.11 Å². The molecule has 0 saturated carbocycles. The lowest BCUT2D eigenvalue weighted by atomic mass is 10.3. The molecule has 0 aliphatic heterocycles. The molecule has 9 heavy (non-hydrogen) atoms. The Balaban J connectivity index is 3.94. The fraction of sp³-hybridized carbons (Fsp3) is 0.286. The van der Waals surface area contributed by atoms with Crippen molar-refractivity contribution < 1.29 is 9.53 Å². The largest absolute Gasteiger partial charge is 0.466 e. The lowest BCUT2D eigenvalue weighted by molar-refractivity contribution is -0.134. The van der Waals surface area contributed by atoms with E-state index in [0.29, 0.717) is 0 Å². The second kappa shape index (κ2) is 3.89. The van der Waals surface area contributed by atoms with Crippen LogP contribution >= 0.6 is 0 Å². The minimum atomic E-state index is -0.340. The Morgan fingerprint density at radius 2 is 2.22 bits per heavy atom. The molecule has 0 N–H and O–H groups in total. The zero-order chi connectivity index (χ0) is 7.28. The topological polar surface area (TPSA) is 26.3 Å². The van der Waals surface area contributed by atoms with Gasteiger partial charge in [0.05, 0.1) is 7.11 Å². The maximum absolute atomic E-state index is 10.4. The quantitative estimate of drug-likeness (QED) is 0.316. The van der Waals surface area contributed by atoms with Crippen LogP contribution in [-0.4, -0.2) is 13.1 Å². The van der Waals surface area contributed by atoms with Crippen LogP contribution in [0.4, 0.5) is 0 Å². The SMILES string of the molecule is C=C/C(C)=C/C(=O)OC. The van der Waals surface area contributed by atoms with E-state index in [-0.39, 0.29) is 5.97 Å². The third-order valence-corrected chi connectivity index (χ3v) is 0.869. The van der Waals surface area contributed by atoms with Crippen LogP contribution in [0.25, 0.3) is 0 Å². The molecule has 0 aliphatic carbocycles. The number of esters is 1. The third kappa shape index (κ3) is 3.53. The molecule has 0 heterocycles. The van der Waals surface area contributed by atoms with Gasteiger partial charge in [0.15, 0.2) is 0 Å². The number of methoxy groups -OCH3 is 1. The maximum atomic E-state index is 10.4. The smallest absolute Gasteiger partial charge is 0.330 e. The van der Waals surface area contributed by atoms with Gasteiger partial charge in [0.25, 0.3) is 0 Å². The van der Waals surface area contributed by atoms with Crippen LogP contribution in [0.2, 0.25) is 0 Å². The van der Waals surface area contributed by atoms with Crippen LogP contribution in [-0.2, 0) is 9.53 Å². The molecule has 0 rings (SSSR count). The van der Waals surface area contributed by atoms with Crippen LogP contribution in [0.15, 0.2) is 24.3 Å². The fourth-order valence-electron chi connectivity index (χ4n) is 0.304. The molecule has 0 unspecified atom stereocenters. The van der Waals surface area contributed by atoms with Gasteiger partial charge in [-0.2, -0.15) is 0 Å². The van der Waals surface area contributed by atoms with Gasteiger partial charge in [0.2, 0.25) is 0 Å². The number of carbonyl (C=O) groups excluding carboxylic acids is 1. The monoisotopic (exact) mass is 126 g/mol. The van der Waals surface area contributed by atoms with Gasteiger partial charge in [-0.05, 0) is 12.5 Å². The summed E-state index contributed by atoms with van der Waals surface area (Å²) in [6.45, 7) is 5.25. The minimum Gasteiger partial charge on any atom is -0.466 e. The summed E-state index contributed by atoms with van der Waals surface area (Å²) in [6, 6.07) is 0. The lowest BCUT2D eigenvalue weighted by Crippen LogP contribution is -1.94. The predicted molar refractivity (Wildman–Crippen MR) is 36.0 cm³/mol. The number of carbonyl (C=O) groups is 1. The first-order valence-corrected chi connectivity index (χ1v) is 2.59. The molecule has 0 aliphatic rings. The highest BCUT2D eigenvalue weighted by molar-refractivity contribution is 5.83. The Morgan fingerprint density at radius 1 is 1.67 bits per heavy atom. The van der Waals surface area contributed by atoms with Gasteiger partial charge in [0, 0.05) is 6.08 Å². The highest BCUT2D eigenvalue weighted by Gasteiger charge is 1.90. The van der Waals surface area contributed by atoms with E-state index in [4.69, 9.17) is 0 Å². The van der Waals surface area contributed by atoms with Gasteiger partial charge in [-0.25, -0.2) is 4.79 Å². The number of hydrogen-bond donors (Lipinski definition) is 0. The first-order valence-electron chi connectivity index (χ1n) is 2.59. The van der Waals surface area contributed by atoms with Crippen LogP contribution < -0.4 is 0 Å². The Bertz CT molecular complexity index is 145. The number of hydrogen-bond acceptors (Lipinski definition) is 2. The van der Waals surface area contributed by atoms with Gasteiger partial charge in [-0.3, -0.25) is 0 Å². The summed E-state index contributed by atoms with van der Waals surface area (Å²) in [6.07, 6.45) is 2.98. The Kier molecular flexibility index (Phi) is 3.44. The summed E-state index contributed by atoms with van der Waals surface area (Å²) in [5.41, 5.74) is 0.807. The van der Waals surface area contributed by atoms with Gasteiger partial charge in [0.1, 0.15) is 0 Å². The minimum absolute atomic E-state index is 0.340. The number of allylic oxidation sites excluding steroid dienone is 2. The molecule has 0 aromatic carbocycles. The maximum Gasteiger partial charge on any atom is 0.330 e. The Morgan fingerprint density at radius 3 is 2.56 bits per heavy atom. The van der Waals surface area contributed by atoms with Crippen molar-refractivity contribution in [2.24, 2.45) is 0 Å². The molecule has 0 aromatic heterocycles. The highest BCUT2D eigenvalue weighted by atomic mass is 16.5. The van der Waals surface area contributed by atoms with Crippen molar-refractivity contribution >= 4 is 5.97 Å². The van der Waals surface area contributed by atoms with Crippen molar-refractivity contribution in [3.63, 3.8) is 0 Å². The fourth-order valence-corrected chi connectivity index (χ4v) is 0.304. The molecule has 0 atom stereocenters. The van der Waals surface area contributed by atoms with Gasteiger partial charge in [-0.1, -0.05) is 12.7 Å². The number of rotatable bonds is 2. The third-order valence-electron chi connectivity index (χ3n) is 0.869. The van der Waals surface area contributed by atoms with E-state index in [1.54, 1.807) is 13.0 Å². The highest BCUT2D eigenvalue weighted by Crippen LogP contribution is 1.92. The second-order valence-electron chi connectivity index (χ2n) is 1.62. The normalized spacial score (nSPS) is 10.7. The summed E-state index contributed by atoms with van der Waals surface area (Å²) >= 11 is 0. The van der Waals surface area contributed by atoms with Crippen LogP contribution in [0, 0.1) is 0 Å². The van der Waals surface area contributed by atoms with E-state index in [1.165, 1.54) is 13.2 Å². The van der Waals surface area contributed by atoms with Crippen LogP contribution in [0.1, 0.15) is 6.92 Å². The molecule has 0 aromatic rings. The lowest BCUT2D eigenvalue weighted by Gasteiger charge is -1.90. The van der Waals surface area contributed by atoms with Crippen molar-refractivity contribution in [2.45, 2.75) is 6.92 Å². The van der Waals surface area contributed by atoms with Crippen molar-refractivity contribution in [3.05, 3.63) is 24.3 Å². The molecule has 0 saturated heterocycles. The summed E-state index contributed by atoms with van der Waals surface area (Å²) < 4.78 is 4.36. The molecular weight excluding hydrogens is 116 g/mol. The van der Waals surface area contributed by atoms with E-state index >= 15 is 0 Å². The van der Waals surface area contributed by atoms with Crippen LogP contribution in [0.3, 0.4) is 0 Å². The Hall–Kier alpha value is -1.05. The number of ether oxygens (including phenoxy) is 1. The molecule has 0 fully saturated rings. The average molecular weight is 126 g/mol. The molecule has 0 spiro atoms. The van der Waals surface area contributed by atoms with Gasteiger partial charge in [-0.15, -0.1) is 0 Å². The van der Waals surface area contributed by atoms with Gasteiger partial charge < -0.3 is 4.74 Å². The van der Waals surface area contributed by atoms with Gasteiger partial charge >= 0.3 is 5.97 Å². The van der Waals surface area contributed by atoms with E-state index in [0.717, 1.165) is 5.57 Å². The summed E-state index contributed by atoms with van der Waals surface area (Å²) in [5, 5.41) is 0.